The number of nitrogens with zero attached hydrogens (tertiary/aromatic N) is 1. The first kappa shape index (κ1) is 34.1. The number of hydrogen-bond donors (Lipinski definition) is 0. The second-order valence-electron chi connectivity index (χ2n) is 15.7. The van der Waals surface area contributed by atoms with Gasteiger partial charge in [0.2, 0.25) is 0 Å². The number of fused-ring (bicyclic) bond motifs is 9. The van der Waals surface area contributed by atoms with Crippen molar-refractivity contribution in [3.05, 3.63) is 224 Å². The zero-order chi connectivity index (χ0) is 39.6. The van der Waals surface area contributed by atoms with Gasteiger partial charge >= 0.3 is 0 Å². The topological polar surface area (TPSA) is 16.4 Å². The van der Waals surface area contributed by atoms with Crippen LogP contribution in [0, 0.1) is 0 Å². The number of furan rings is 1. The first-order chi connectivity index (χ1) is 29.7. The quantitative estimate of drug-likeness (QED) is 0.157. The van der Waals surface area contributed by atoms with Gasteiger partial charge in [0.1, 0.15) is 11.2 Å². The molecule has 0 radical (unpaired) electrons. The van der Waals surface area contributed by atoms with E-state index in [1.54, 1.807) is 0 Å². The van der Waals surface area contributed by atoms with E-state index in [1.807, 2.05) is 0 Å². The number of anilines is 3. The minimum absolute atomic E-state index is 0.858. The molecule has 1 heterocycles. The molecule has 0 bridgehead atoms. The molecule has 0 amide bonds. The molecule has 12 rings (SSSR count). The van der Waals surface area contributed by atoms with Crippen LogP contribution in [0.5, 0.6) is 0 Å². The molecule has 0 saturated carbocycles. The van der Waals surface area contributed by atoms with E-state index in [0.717, 1.165) is 44.6 Å². The fourth-order valence-electron chi connectivity index (χ4n) is 9.30. The van der Waals surface area contributed by atoms with E-state index in [9.17, 15) is 0 Å². The summed E-state index contributed by atoms with van der Waals surface area (Å²) in [4.78, 5) is 2.38. The Bertz CT molecular complexity index is 3580. The van der Waals surface area contributed by atoms with Crippen LogP contribution in [0.2, 0.25) is 0 Å². The second kappa shape index (κ2) is 13.9. The zero-order valence-corrected chi connectivity index (χ0v) is 32.7. The standard InChI is InChI=1S/C58H37NO/c1-2-11-38(12-3-1)44-29-34-56-54(36-44)58-55(19-10-20-57(58)60-56)59(46-30-25-39(26-31-46)43-24-23-41-22-21-40-13-4-6-15-48(40)52(41)35-43)47-32-27-42(28-33-47)53-37-45-14-5-7-16-49(45)50-17-8-9-18-51(50)53/h1-37H. The maximum atomic E-state index is 6.57. The minimum atomic E-state index is 0.858. The fraction of sp³-hybridized carbons (Fsp3) is 0. The van der Waals surface area contributed by atoms with Gasteiger partial charge in [-0.1, -0.05) is 164 Å². The zero-order valence-electron chi connectivity index (χ0n) is 32.7. The van der Waals surface area contributed by atoms with Gasteiger partial charge in [0, 0.05) is 16.8 Å². The summed E-state index contributed by atoms with van der Waals surface area (Å²) in [6.07, 6.45) is 0. The van der Waals surface area contributed by atoms with Crippen LogP contribution < -0.4 is 4.90 Å². The van der Waals surface area contributed by atoms with E-state index < -0.39 is 0 Å². The Hall–Kier alpha value is -7.94. The molecule has 0 aliphatic rings. The molecule has 0 aliphatic carbocycles. The summed E-state index contributed by atoms with van der Waals surface area (Å²) in [6, 6.07) is 81.3. The highest BCUT2D eigenvalue weighted by Crippen LogP contribution is 2.45. The van der Waals surface area contributed by atoms with E-state index in [1.165, 1.54) is 70.9 Å². The number of hydrogen-bond acceptors (Lipinski definition) is 2. The summed E-state index contributed by atoms with van der Waals surface area (Å²) in [5.74, 6) is 0. The highest BCUT2D eigenvalue weighted by atomic mass is 16.3. The molecule has 0 fully saturated rings. The van der Waals surface area contributed by atoms with Gasteiger partial charge < -0.3 is 9.32 Å². The van der Waals surface area contributed by atoms with Gasteiger partial charge in [-0.2, -0.15) is 0 Å². The maximum Gasteiger partial charge on any atom is 0.137 e. The molecular weight excluding hydrogens is 727 g/mol. The molecular formula is C58H37NO. The Morgan fingerprint density at radius 2 is 0.817 bits per heavy atom. The van der Waals surface area contributed by atoms with Gasteiger partial charge in [-0.05, 0) is 137 Å². The third-order valence-corrected chi connectivity index (χ3v) is 12.2. The lowest BCUT2D eigenvalue weighted by atomic mass is 9.93. The van der Waals surface area contributed by atoms with Crippen LogP contribution >= 0.6 is 0 Å². The fourth-order valence-corrected chi connectivity index (χ4v) is 9.30. The van der Waals surface area contributed by atoms with Crippen molar-refractivity contribution in [2.75, 3.05) is 4.90 Å². The van der Waals surface area contributed by atoms with E-state index in [-0.39, 0.29) is 0 Å². The molecule has 2 nitrogen and oxygen atoms in total. The molecule has 12 aromatic rings. The van der Waals surface area contributed by atoms with Crippen molar-refractivity contribution in [2.45, 2.75) is 0 Å². The summed E-state index contributed by atoms with van der Waals surface area (Å²) in [6.45, 7) is 0. The average molecular weight is 764 g/mol. The summed E-state index contributed by atoms with van der Waals surface area (Å²) >= 11 is 0. The van der Waals surface area contributed by atoms with Crippen LogP contribution in [0.4, 0.5) is 17.1 Å². The maximum absolute atomic E-state index is 6.57. The normalized spacial score (nSPS) is 11.7. The van der Waals surface area contributed by atoms with Crippen LogP contribution in [0.25, 0.3) is 98.4 Å². The molecule has 0 N–H and O–H groups in total. The first-order valence-corrected chi connectivity index (χ1v) is 20.6. The highest BCUT2D eigenvalue weighted by Gasteiger charge is 2.21. The molecule has 1 aromatic heterocycles. The van der Waals surface area contributed by atoms with Gasteiger partial charge in [-0.3, -0.25) is 0 Å². The summed E-state index contributed by atoms with van der Waals surface area (Å²) in [7, 11) is 0. The Labute approximate surface area is 347 Å². The Kier molecular flexibility index (Phi) is 7.89. The largest absolute Gasteiger partial charge is 0.456 e. The van der Waals surface area contributed by atoms with E-state index in [2.05, 4.69) is 229 Å². The van der Waals surface area contributed by atoms with Crippen LogP contribution in [0.1, 0.15) is 0 Å². The molecule has 11 aromatic carbocycles. The molecule has 0 aliphatic heterocycles. The lowest BCUT2D eigenvalue weighted by Gasteiger charge is -2.27. The van der Waals surface area contributed by atoms with Crippen molar-refractivity contribution < 1.29 is 4.42 Å². The third-order valence-electron chi connectivity index (χ3n) is 12.2. The lowest BCUT2D eigenvalue weighted by molar-refractivity contribution is 0.669. The van der Waals surface area contributed by atoms with E-state index in [0.29, 0.717) is 0 Å². The second-order valence-corrected chi connectivity index (χ2v) is 15.7. The van der Waals surface area contributed by atoms with Gasteiger partial charge in [0.05, 0.1) is 11.1 Å². The Balaban J connectivity index is 1.02. The summed E-state index contributed by atoms with van der Waals surface area (Å²) < 4.78 is 6.57. The summed E-state index contributed by atoms with van der Waals surface area (Å²) in [5, 5.41) is 12.2. The Morgan fingerprint density at radius 3 is 1.57 bits per heavy atom. The van der Waals surface area contributed by atoms with Crippen molar-refractivity contribution >= 4 is 82.1 Å². The van der Waals surface area contributed by atoms with Gasteiger partial charge in [-0.15, -0.1) is 0 Å². The Morgan fingerprint density at radius 1 is 0.283 bits per heavy atom. The molecule has 0 unspecified atom stereocenters. The van der Waals surface area contributed by atoms with Gasteiger partial charge in [-0.25, -0.2) is 0 Å². The number of rotatable bonds is 6. The molecule has 60 heavy (non-hydrogen) atoms. The van der Waals surface area contributed by atoms with Crippen molar-refractivity contribution in [1.82, 2.24) is 0 Å². The van der Waals surface area contributed by atoms with Crippen LogP contribution in [0.3, 0.4) is 0 Å². The van der Waals surface area contributed by atoms with Crippen LogP contribution in [-0.2, 0) is 0 Å². The summed E-state index contributed by atoms with van der Waals surface area (Å²) in [5.41, 5.74) is 12.0. The molecule has 2 heteroatoms. The van der Waals surface area contributed by atoms with E-state index in [4.69, 9.17) is 4.42 Å². The first-order valence-electron chi connectivity index (χ1n) is 20.6. The van der Waals surface area contributed by atoms with Crippen molar-refractivity contribution in [2.24, 2.45) is 0 Å². The monoisotopic (exact) mass is 763 g/mol. The van der Waals surface area contributed by atoms with Crippen molar-refractivity contribution in [3.8, 4) is 33.4 Å². The smallest absolute Gasteiger partial charge is 0.137 e. The predicted octanol–water partition coefficient (Wildman–Crippen LogP) is 16.7. The molecule has 280 valence electrons. The SMILES string of the molecule is c1ccc(-c2ccc3oc4cccc(N(c5ccc(-c6ccc7ccc8ccccc8c7c6)cc5)c5ccc(-c6cc7ccccc7c7ccccc67)cc5)c4c3c2)cc1. The molecule has 0 saturated heterocycles. The van der Waals surface area contributed by atoms with Crippen LogP contribution in [-0.4, -0.2) is 0 Å². The number of benzene rings is 11. The molecule has 0 spiro atoms. The van der Waals surface area contributed by atoms with Crippen LogP contribution in [0.15, 0.2) is 229 Å². The third kappa shape index (κ3) is 5.65. The molecule has 0 atom stereocenters. The van der Waals surface area contributed by atoms with Crippen molar-refractivity contribution in [1.29, 1.82) is 0 Å². The lowest BCUT2D eigenvalue weighted by Crippen LogP contribution is -2.10. The predicted molar refractivity (Wildman–Crippen MR) is 255 cm³/mol. The average Bonchev–Trinajstić information content (AvgIpc) is 3.71. The van der Waals surface area contributed by atoms with Gasteiger partial charge in [0.15, 0.2) is 0 Å². The minimum Gasteiger partial charge on any atom is -0.456 e. The highest BCUT2D eigenvalue weighted by molar-refractivity contribution is 6.16. The van der Waals surface area contributed by atoms with Gasteiger partial charge in [0.25, 0.3) is 0 Å². The van der Waals surface area contributed by atoms with E-state index >= 15 is 0 Å². The van der Waals surface area contributed by atoms with Crippen molar-refractivity contribution in [3.63, 3.8) is 0 Å².